The lowest BCUT2D eigenvalue weighted by molar-refractivity contribution is 0.477. The van der Waals surface area contributed by atoms with E-state index in [4.69, 9.17) is 4.42 Å². The number of benzene rings is 1. The number of rotatable bonds is 7. The van der Waals surface area contributed by atoms with Crippen LogP contribution in [0.1, 0.15) is 25.3 Å². The molecule has 2 N–H and O–H groups in total. The standard InChI is InChI=1S/C14H19FN4O/c1-3-16-9-13-18-19-14(20-13)17-10(2)8-11-4-6-12(15)7-5-11/h4-7,10,16H,3,8-9H2,1-2H3,(H,17,19). The predicted octanol–water partition coefficient (Wildman–Crippen LogP) is 2.36. The first-order valence-corrected chi connectivity index (χ1v) is 6.71. The average molecular weight is 278 g/mol. The highest BCUT2D eigenvalue weighted by molar-refractivity contribution is 5.23. The number of anilines is 1. The Balaban J connectivity index is 1.86. The Morgan fingerprint density at radius 3 is 2.70 bits per heavy atom. The molecule has 0 radical (unpaired) electrons. The molecule has 2 rings (SSSR count). The minimum atomic E-state index is -0.223. The summed E-state index contributed by atoms with van der Waals surface area (Å²) in [5, 5.41) is 14.1. The molecule has 108 valence electrons. The van der Waals surface area contributed by atoms with Gasteiger partial charge in [-0.1, -0.05) is 24.2 Å². The fraction of sp³-hybridized carbons (Fsp3) is 0.429. The van der Waals surface area contributed by atoms with Gasteiger partial charge in [-0.15, -0.1) is 5.10 Å². The molecule has 0 amide bonds. The van der Waals surface area contributed by atoms with Gasteiger partial charge in [0.15, 0.2) is 0 Å². The minimum Gasteiger partial charge on any atom is -0.407 e. The summed E-state index contributed by atoms with van der Waals surface area (Å²) in [5.74, 6) is 0.336. The summed E-state index contributed by atoms with van der Waals surface area (Å²) in [6.45, 7) is 5.45. The molecule has 0 spiro atoms. The van der Waals surface area contributed by atoms with Crippen molar-refractivity contribution in [3.05, 3.63) is 41.5 Å². The molecule has 0 fully saturated rings. The van der Waals surface area contributed by atoms with Crippen LogP contribution in [0, 0.1) is 5.82 Å². The zero-order chi connectivity index (χ0) is 14.4. The molecule has 0 aliphatic rings. The van der Waals surface area contributed by atoms with Gasteiger partial charge >= 0.3 is 6.01 Å². The first kappa shape index (κ1) is 14.5. The van der Waals surface area contributed by atoms with E-state index < -0.39 is 0 Å². The third kappa shape index (κ3) is 4.31. The van der Waals surface area contributed by atoms with Crippen LogP contribution in [0.5, 0.6) is 0 Å². The van der Waals surface area contributed by atoms with Gasteiger partial charge in [-0.25, -0.2) is 4.39 Å². The van der Waals surface area contributed by atoms with Crippen molar-refractivity contribution in [3.63, 3.8) is 0 Å². The second-order valence-electron chi connectivity index (χ2n) is 4.66. The number of hydrogen-bond acceptors (Lipinski definition) is 5. The average Bonchev–Trinajstić information content (AvgIpc) is 2.86. The Kier molecular flexibility index (Phi) is 5.06. The van der Waals surface area contributed by atoms with E-state index in [-0.39, 0.29) is 11.9 Å². The third-order valence-corrected chi connectivity index (χ3v) is 2.82. The summed E-state index contributed by atoms with van der Waals surface area (Å²) in [5.41, 5.74) is 1.05. The normalized spacial score (nSPS) is 12.3. The molecule has 0 aliphatic heterocycles. The van der Waals surface area contributed by atoms with Crippen LogP contribution < -0.4 is 10.6 Å². The molecule has 20 heavy (non-hydrogen) atoms. The second-order valence-corrected chi connectivity index (χ2v) is 4.66. The smallest absolute Gasteiger partial charge is 0.315 e. The molecule has 0 bridgehead atoms. The van der Waals surface area contributed by atoms with Crippen LogP contribution in [0.2, 0.25) is 0 Å². The van der Waals surface area contributed by atoms with E-state index in [2.05, 4.69) is 20.8 Å². The predicted molar refractivity (Wildman–Crippen MR) is 74.9 cm³/mol. The maximum Gasteiger partial charge on any atom is 0.315 e. The fourth-order valence-electron chi connectivity index (χ4n) is 1.85. The molecule has 1 unspecified atom stereocenters. The quantitative estimate of drug-likeness (QED) is 0.814. The van der Waals surface area contributed by atoms with Crippen LogP contribution in [-0.2, 0) is 13.0 Å². The van der Waals surface area contributed by atoms with E-state index in [0.29, 0.717) is 18.5 Å². The Bertz CT molecular complexity index is 526. The van der Waals surface area contributed by atoms with Gasteiger partial charge in [0.2, 0.25) is 5.89 Å². The molecule has 2 aromatic rings. The van der Waals surface area contributed by atoms with Gasteiger partial charge in [-0.3, -0.25) is 0 Å². The Morgan fingerprint density at radius 2 is 2.00 bits per heavy atom. The van der Waals surface area contributed by atoms with E-state index in [1.165, 1.54) is 12.1 Å². The first-order chi connectivity index (χ1) is 9.67. The molecule has 0 saturated heterocycles. The van der Waals surface area contributed by atoms with Crippen molar-refractivity contribution < 1.29 is 8.81 Å². The van der Waals surface area contributed by atoms with Gasteiger partial charge in [0.05, 0.1) is 6.54 Å². The highest BCUT2D eigenvalue weighted by atomic mass is 19.1. The fourth-order valence-corrected chi connectivity index (χ4v) is 1.85. The Hall–Kier alpha value is -1.95. The van der Waals surface area contributed by atoms with Gasteiger partial charge in [-0.05, 0) is 37.6 Å². The van der Waals surface area contributed by atoms with Crippen LogP contribution in [0.4, 0.5) is 10.4 Å². The van der Waals surface area contributed by atoms with Crippen molar-refractivity contribution in [1.82, 2.24) is 15.5 Å². The topological polar surface area (TPSA) is 63.0 Å². The summed E-state index contributed by atoms with van der Waals surface area (Å²) < 4.78 is 18.3. The number of nitrogens with zero attached hydrogens (tertiary/aromatic N) is 2. The number of halogens is 1. The molecule has 1 aromatic heterocycles. The Morgan fingerprint density at radius 1 is 1.25 bits per heavy atom. The molecule has 1 heterocycles. The third-order valence-electron chi connectivity index (χ3n) is 2.82. The van der Waals surface area contributed by atoms with Crippen LogP contribution in [0.3, 0.4) is 0 Å². The van der Waals surface area contributed by atoms with Crippen molar-refractivity contribution >= 4 is 6.01 Å². The van der Waals surface area contributed by atoms with Gasteiger partial charge < -0.3 is 15.1 Å². The lowest BCUT2D eigenvalue weighted by Gasteiger charge is -2.11. The van der Waals surface area contributed by atoms with Crippen molar-refractivity contribution in [1.29, 1.82) is 0 Å². The largest absolute Gasteiger partial charge is 0.407 e. The van der Waals surface area contributed by atoms with E-state index >= 15 is 0 Å². The number of hydrogen-bond donors (Lipinski definition) is 2. The second kappa shape index (κ2) is 7.00. The van der Waals surface area contributed by atoms with Crippen LogP contribution in [0.15, 0.2) is 28.7 Å². The van der Waals surface area contributed by atoms with Crippen LogP contribution >= 0.6 is 0 Å². The van der Waals surface area contributed by atoms with Crippen molar-refractivity contribution in [2.45, 2.75) is 32.9 Å². The molecule has 1 aromatic carbocycles. The van der Waals surface area contributed by atoms with Gasteiger partial charge in [0, 0.05) is 6.04 Å². The van der Waals surface area contributed by atoms with Crippen molar-refractivity contribution in [2.24, 2.45) is 0 Å². The van der Waals surface area contributed by atoms with Crippen LogP contribution in [0.25, 0.3) is 0 Å². The molecule has 0 saturated carbocycles. The highest BCUT2D eigenvalue weighted by Gasteiger charge is 2.09. The van der Waals surface area contributed by atoms with Crippen molar-refractivity contribution in [2.75, 3.05) is 11.9 Å². The van der Waals surface area contributed by atoms with Crippen LogP contribution in [-0.4, -0.2) is 22.8 Å². The van der Waals surface area contributed by atoms with E-state index in [9.17, 15) is 4.39 Å². The number of aromatic nitrogens is 2. The zero-order valence-corrected chi connectivity index (χ0v) is 11.7. The van der Waals surface area contributed by atoms with Gasteiger partial charge in [-0.2, -0.15) is 0 Å². The van der Waals surface area contributed by atoms with Gasteiger partial charge in [0.1, 0.15) is 5.82 Å². The molecular formula is C14H19FN4O. The molecule has 6 heteroatoms. The summed E-state index contributed by atoms with van der Waals surface area (Å²) in [4.78, 5) is 0. The summed E-state index contributed by atoms with van der Waals surface area (Å²) >= 11 is 0. The van der Waals surface area contributed by atoms with E-state index in [1.807, 2.05) is 13.8 Å². The molecule has 1 atom stereocenters. The minimum absolute atomic E-state index is 0.118. The summed E-state index contributed by atoms with van der Waals surface area (Å²) in [6, 6.07) is 7.00. The maximum absolute atomic E-state index is 12.8. The lowest BCUT2D eigenvalue weighted by atomic mass is 10.1. The SMILES string of the molecule is CCNCc1nnc(NC(C)Cc2ccc(F)cc2)o1. The van der Waals surface area contributed by atoms with Gasteiger partial charge in [0.25, 0.3) is 0 Å². The maximum atomic E-state index is 12.8. The summed E-state index contributed by atoms with van der Waals surface area (Å²) in [6.07, 6.45) is 0.755. The lowest BCUT2D eigenvalue weighted by Crippen LogP contribution is -2.18. The molecule has 0 aliphatic carbocycles. The summed E-state index contributed by atoms with van der Waals surface area (Å²) in [7, 11) is 0. The van der Waals surface area contributed by atoms with E-state index in [0.717, 1.165) is 18.5 Å². The first-order valence-electron chi connectivity index (χ1n) is 6.71. The monoisotopic (exact) mass is 278 g/mol. The highest BCUT2D eigenvalue weighted by Crippen LogP contribution is 2.11. The molecular weight excluding hydrogens is 259 g/mol. The zero-order valence-electron chi connectivity index (χ0n) is 11.7. The number of nitrogens with one attached hydrogen (secondary N) is 2. The van der Waals surface area contributed by atoms with Crippen molar-refractivity contribution in [3.8, 4) is 0 Å². The van der Waals surface area contributed by atoms with E-state index in [1.54, 1.807) is 12.1 Å². The Labute approximate surface area is 117 Å². The molecule has 5 nitrogen and oxygen atoms in total.